The van der Waals surface area contributed by atoms with Crippen molar-refractivity contribution in [2.75, 3.05) is 0 Å². The maximum absolute atomic E-state index is 10.7. The van der Waals surface area contributed by atoms with E-state index in [-0.39, 0.29) is 0 Å². The van der Waals surface area contributed by atoms with E-state index in [0.717, 1.165) is 6.42 Å². The van der Waals surface area contributed by atoms with E-state index in [1.807, 2.05) is 32.0 Å². The fourth-order valence-corrected chi connectivity index (χ4v) is 1.95. The summed E-state index contributed by atoms with van der Waals surface area (Å²) in [6, 6.07) is 10.2. The van der Waals surface area contributed by atoms with Gasteiger partial charge in [0.15, 0.2) is 0 Å². The van der Waals surface area contributed by atoms with Gasteiger partial charge in [-0.15, -0.1) is 0 Å². The van der Waals surface area contributed by atoms with Gasteiger partial charge in [-0.3, -0.25) is 0 Å². The standard InChI is InChI=1S/C13H19NO2/c1-10(11-7-5-4-6-8-11)9-13(2,3)16-12(14)15/h4-8,10H,9H2,1-3H3,(H2,14,15)/t10-/m1/s1. The first-order valence-corrected chi connectivity index (χ1v) is 5.44. The summed E-state index contributed by atoms with van der Waals surface area (Å²) >= 11 is 0. The van der Waals surface area contributed by atoms with Crippen LogP contribution in [0, 0.1) is 0 Å². The average molecular weight is 221 g/mol. The van der Waals surface area contributed by atoms with E-state index in [1.54, 1.807) is 0 Å². The molecule has 88 valence electrons. The fraction of sp³-hybridized carbons (Fsp3) is 0.462. The largest absolute Gasteiger partial charge is 0.444 e. The summed E-state index contributed by atoms with van der Waals surface area (Å²) in [5, 5.41) is 0. The number of nitrogens with two attached hydrogens (primary N) is 1. The van der Waals surface area contributed by atoms with E-state index >= 15 is 0 Å². The Kier molecular flexibility index (Phi) is 3.93. The van der Waals surface area contributed by atoms with Crippen LogP contribution in [0.25, 0.3) is 0 Å². The van der Waals surface area contributed by atoms with Crippen molar-refractivity contribution in [1.29, 1.82) is 0 Å². The molecule has 0 aliphatic rings. The van der Waals surface area contributed by atoms with Crippen molar-refractivity contribution < 1.29 is 9.53 Å². The van der Waals surface area contributed by atoms with Crippen molar-refractivity contribution in [3.63, 3.8) is 0 Å². The molecule has 16 heavy (non-hydrogen) atoms. The Morgan fingerprint density at radius 1 is 1.38 bits per heavy atom. The lowest BCUT2D eigenvalue weighted by Gasteiger charge is -2.27. The van der Waals surface area contributed by atoms with Crippen LogP contribution < -0.4 is 5.73 Å². The van der Waals surface area contributed by atoms with Crippen molar-refractivity contribution in [3.05, 3.63) is 35.9 Å². The summed E-state index contributed by atoms with van der Waals surface area (Å²) in [5.74, 6) is 0.329. The summed E-state index contributed by atoms with van der Waals surface area (Å²) < 4.78 is 5.07. The molecule has 1 aromatic rings. The zero-order chi connectivity index (χ0) is 12.2. The van der Waals surface area contributed by atoms with E-state index < -0.39 is 11.7 Å². The second-order valence-electron chi connectivity index (χ2n) is 4.70. The second-order valence-corrected chi connectivity index (χ2v) is 4.70. The topological polar surface area (TPSA) is 52.3 Å². The van der Waals surface area contributed by atoms with Gasteiger partial charge in [0.2, 0.25) is 0 Å². The molecule has 3 heteroatoms. The Hall–Kier alpha value is -1.51. The number of rotatable bonds is 4. The van der Waals surface area contributed by atoms with Gasteiger partial charge in [-0.2, -0.15) is 0 Å². The third-order valence-electron chi connectivity index (χ3n) is 2.54. The number of primary amides is 1. The molecule has 0 fully saturated rings. The predicted octanol–water partition coefficient (Wildman–Crippen LogP) is 3.05. The van der Waals surface area contributed by atoms with Crippen LogP contribution in [0.15, 0.2) is 30.3 Å². The zero-order valence-electron chi connectivity index (χ0n) is 10.1. The second kappa shape index (κ2) is 5.01. The van der Waals surface area contributed by atoms with Crippen LogP contribution in [0.5, 0.6) is 0 Å². The van der Waals surface area contributed by atoms with Crippen molar-refractivity contribution in [2.45, 2.75) is 38.7 Å². The maximum Gasteiger partial charge on any atom is 0.405 e. The van der Waals surface area contributed by atoms with Crippen molar-refractivity contribution in [1.82, 2.24) is 0 Å². The lowest BCUT2D eigenvalue weighted by atomic mass is 9.89. The summed E-state index contributed by atoms with van der Waals surface area (Å²) in [7, 11) is 0. The summed E-state index contributed by atoms with van der Waals surface area (Å²) in [6.45, 7) is 5.86. The first kappa shape index (κ1) is 12.6. The van der Waals surface area contributed by atoms with Gasteiger partial charge in [0.05, 0.1) is 0 Å². The number of carbonyl (C=O) groups is 1. The quantitative estimate of drug-likeness (QED) is 0.849. The van der Waals surface area contributed by atoms with Gasteiger partial charge in [-0.25, -0.2) is 4.79 Å². The Bertz CT molecular complexity index is 346. The van der Waals surface area contributed by atoms with Gasteiger partial charge in [-0.05, 0) is 31.7 Å². The SMILES string of the molecule is C[C@H](CC(C)(C)OC(N)=O)c1ccccc1. The van der Waals surface area contributed by atoms with E-state index in [2.05, 4.69) is 19.1 Å². The molecule has 0 radical (unpaired) electrons. The maximum atomic E-state index is 10.7. The first-order valence-electron chi connectivity index (χ1n) is 5.44. The van der Waals surface area contributed by atoms with Gasteiger partial charge >= 0.3 is 6.09 Å². The molecule has 0 spiro atoms. The van der Waals surface area contributed by atoms with Crippen LogP contribution in [-0.4, -0.2) is 11.7 Å². The minimum atomic E-state index is -0.717. The van der Waals surface area contributed by atoms with E-state index in [1.165, 1.54) is 5.56 Å². The zero-order valence-corrected chi connectivity index (χ0v) is 10.1. The Morgan fingerprint density at radius 3 is 2.44 bits per heavy atom. The normalized spacial score (nSPS) is 13.2. The Balaban J connectivity index is 2.64. The molecule has 0 saturated heterocycles. The lowest BCUT2D eigenvalue weighted by Crippen LogP contribution is -2.32. The van der Waals surface area contributed by atoms with E-state index in [4.69, 9.17) is 10.5 Å². The molecule has 1 rings (SSSR count). The molecule has 0 heterocycles. The number of ether oxygens (including phenoxy) is 1. The molecule has 1 amide bonds. The molecular weight excluding hydrogens is 202 g/mol. The van der Waals surface area contributed by atoms with Crippen LogP contribution in [0.4, 0.5) is 4.79 Å². The predicted molar refractivity (Wildman–Crippen MR) is 64.2 cm³/mol. The van der Waals surface area contributed by atoms with Gasteiger partial charge in [0.25, 0.3) is 0 Å². The van der Waals surface area contributed by atoms with Crippen LogP contribution in [-0.2, 0) is 4.74 Å². The first-order chi connectivity index (χ1) is 7.41. The third kappa shape index (κ3) is 3.93. The third-order valence-corrected chi connectivity index (χ3v) is 2.54. The number of hydrogen-bond acceptors (Lipinski definition) is 2. The average Bonchev–Trinajstić information content (AvgIpc) is 2.16. The highest BCUT2D eigenvalue weighted by Crippen LogP contribution is 2.27. The number of amides is 1. The highest BCUT2D eigenvalue weighted by atomic mass is 16.6. The summed E-state index contributed by atoms with van der Waals surface area (Å²) in [5.41, 5.74) is 5.74. The van der Waals surface area contributed by atoms with Gasteiger partial charge in [0, 0.05) is 0 Å². The lowest BCUT2D eigenvalue weighted by molar-refractivity contribution is 0.0349. The number of carbonyl (C=O) groups excluding carboxylic acids is 1. The smallest absolute Gasteiger partial charge is 0.405 e. The van der Waals surface area contributed by atoms with E-state index in [9.17, 15) is 4.79 Å². The Labute approximate surface area is 96.6 Å². The number of benzene rings is 1. The molecule has 0 aliphatic carbocycles. The molecule has 0 aliphatic heterocycles. The molecule has 0 saturated carbocycles. The van der Waals surface area contributed by atoms with Crippen molar-refractivity contribution in [3.8, 4) is 0 Å². The highest BCUT2D eigenvalue weighted by Gasteiger charge is 2.25. The fourth-order valence-electron chi connectivity index (χ4n) is 1.95. The molecule has 1 aromatic carbocycles. The minimum absolute atomic E-state index is 0.329. The molecule has 1 atom stereocenters. The summed E-state index contributed by atoms with van der Waals surface area (Å²) in [6.07, 6.45) is 0.0326. The van der Waals surface area contributed by atoms with Gasteiger partial charge in [-0.1, -0.05) is 37.3 Å². The van der Waals surface area contributed by atoms with Crippen LogP contribution in [0.3, 0.4) is 0 Å². The Morgan fingerprint density at radius 2 is 1.94 bits per heavy atom. The van der Waals surface area contributed by atoms with Gasteiger partial charge in [0.1, 0.15) is 5.60 Å². The molecular formula is C13H19NO2. The number of hydrogen-bond donors (Lipinski definition) is 1. The molecule has 3 nitrogen and oxygen atoms in total. The molecule has 0 bridgehead atoms. The molecule has 2 N–H and O–H groups in total. The van der Waals surface area contributed by atoms with E-state index in [0.29, 0.717) is 5.92 Å². The molecule has 0 unspecified atom stereocenters. The van der Waals surface area contributed by atoms with Gasteiger partial charge < -0.3 is 10.5 Å². The van der Waals surface area contributed by atoms with Crippen molar-refractivity contribution in [2.24, 2.45) is 5.73 Å². The van der Waals surface area contributed by atoms with Crippen molar-refractivity contribution >= 4 is 6.09 Å². The molecule has 0 aromatic heterocycles. The minimum Gasteiger partial charge on any atom is -0.444 e. The van der Waals surface area contributed by atoms with Crippen LogP contribution in [0.1, 0.15) is 38.7 Å². The monoisotopic (exact) mass is 221 g/mol. The highest BCUT2D eigenvalue weighted by molar-refractivity contribution is 5.65. The van der Waals surface area contributed by atoms with Crippen LogP contribution in [0.2, 0.25) is 0 Å². The summed E-state index contributed by atoms with van der Waals surface area (Å²) in [4.78, 5) is 10.7. The van der Waals surface area contributed by atoms with Crippen LogP contribution >= 0.6 is 0 Å².